The summed E-state index contributed by atoms with van der Waals surface area (Å²) in [6.45, 7) is 0. The van der Waals surface area contributed by atoms with Gasteiger partial charge in [0.25, 0.3) is 5.69 Å². The van der Waals surface area contributed by atoms with Gasteiger partial charge in [0.05, 0.1) is 11.0 Å². The number of nitro groups is 1. The first-order valence-corrected chi connectivity index (χ1v) is 3.85. The molecule has 1 rings (SSSR count). The largest absolute Gasteiger partial charge is 0.673 e. The minimum atomic E-state index is -6.00. The van der Waals surface area contributed by atoms with E-state index in [1.165, 1.54) is 0 Å². The van der Waals surface area contributed by atoms with Crippen LogP contribution >= 0.6 is 0 Å². The number of diazo groups is 1. The van der Waals surface area contributed by atoms with Crippen molar-refractivity contribution >= 4 is 18.6 Å². The van der Waals surface area contributed by atoms with Gasteiger partial charge in [0.15, 0.2) is 4.98 Å². The lowest BCUT2D eigenvalue weighted by atomic mass is 10.2. The van der Waals surface area contributed by atoms with Crippen LogP contribution in [0.5, 0.6) is 5.75 Å². The van der Waals surface area contributed by atoms with Crippen molar-refractivity contribution < 1.29 is 27.3 Å². The van der Waals surface area contributed by atoms with Crippen molar-refractivity contribution in [3.05, 3.63) is 33.3 Å². The van der Waals surface area contributed by atoms with Gasteiger partial charge in [0, 0.05) is 12.1 Å². The van der Waals surface area contributed by atoms with E-state index < -0.39 is 17.9 Å². The Labute approximate surface area is 91.4 Å². The maximum Gasteiger partial charge on any atom is 0.673 e. The summed E-state index contributed by atoms with van der Waals surface area (Å²) in [5.74, 6) is -0.424. The molecule has 0 spiro atoms. The number of nitrogens with zero attached hydrogens (tertiary/aromatic N) is 3. The van der Waals surface area contributed by atoms with Crippen LogP contribution < -0.4 is 0 Å². The van der Waals surface area contributed by atoms with Gasteiger partial charge in [-0.25, -0.2) is 0 Å². The molecular weight excluding hydrogens is 249 g/mol. The minimum absolute atomic E-state index is 0.0967. The van der Waals surface area contributed by atoms with Crippen molar-refractivity contribution in [2.75, 3.05) is 0 Å². The Morgan fingerprint density at radius 3 is 2.12 bits per heavy atom. The van der Waals surface area contributed by atoms with Crippen LogP contribution in [-0.2, 0) is 0 Å². The second-order valence-corrected chi connectivity index (χ2v) is 2.52. The molecule has 0 heterocycles. The van der Waals surface area contributed by atoms with E-state index in [4.69, 9.17) is 10.5 Å². The van der Waals surface area contributed by atoms with E-state index in [2.05, 4.69) is 4.98 Å². The molecule has 0 atom stereocenters. The molecule has 0 aliphatic rings. The molecule has 0 aromatic heterocycles. The van der Waals surface area contributed by atoms with Crippen molar-refractivity contribution in [1.29, 1.82) is 5.39 Å². The van der Waals surface area contributed by atoms with Crippen LogP contribution in [0.4, 0.5) is 28.6 Å². The molecule has 11 heteroatoms. The van der Waals surface area contributed by atoms with E-state index in [1.807, 2.05) is 0 Å². The van der Waals surface area contributed by atoms with Crippen LogP contribution in [0.2, 0.25) is 0 Å². The second kappa shape index (κ2) is 5.64. The molecule has 0 fully saturated rings. The molecule has 1 aromatic rings. The summed E-state index contributed by atoms with van der Waals surface area (Å²) >= 11 is 0. The van der Waals surface area contributed by atoms with Crippen molar-refractivity contribution in [2.45, 2.75) is 0 Å². The number of nitro benzene ring substituents is 1. The zero-order valence-electron chi connectivity index (χ0n) is 7.93. The van der Waals surface area contributed by atoms with Crippen molar-refractivity contribution in [3.8, 4) is 5.75 Å². The maximum atomic E-state index is 10.2. The number of phenols is 1. The summed E-state index contributed by atoms with van der Waals surface area (Å²) in [5, 5.41) is 27.4. The van der Waals surface area contributed by atoms with E-state index in [0.717, 1.165) is 18.2 Å². The standard InChI is InChI=1S/C6H3N3O3.BF4/c7-8-5-2-1-4(9(11)12)3-6(5)10;2-1(3,4)5/h1-3H;/q;-1/p+1. The monoisotopic (exact) mass is 253 g/mol. The summed E-state index contributed by atoms with van der Waals surface area (Å²) in [5.41, 5.74) is -0.347. The first-order chi connectivity index (χ1) is 7.65. The Bertz CT molecular complexity index is 453. The first-order valence-electron chi connectivity index (χ1n) is 3.85. The van der Waals surface area contributed by atoms with Gasteiger partial charge in [-0.3, -0.25) is 10.1 Å². The molecule has 0 aliphatic heterocycles. The lowest BCUT2D eigenvalue weighted by Crippen LogP contribution is -2.02. The van der Waals surface area contributed by atoms with Crippen LogP contribution in [0.1, 0.15) is 0 Å². The molecule has 0 amide bonds. The molecule has 1 aromatic carbocycles. The number of halogens is 4. The Hall–Kier alpha value is -2.38. The maximum absolute atomic E-state index is 10.2. The Morgan fingerprint density at radius 1 is 1.35 bits per heavy atom. The lowest BCUT2D eigenvalue weighted by Gasteiger charge is -1.94. The van der Waals surface area contributed by atoms with Gasteiger partial charge in [-0.1, -0.05) is 0 Å². The molecule has 92 valence electrons. The highest BCUT2D eigenvalue weighted by atomic mass is 19.5. The first kappa shape index (κ1) is 14.6. The van der Waals surface area contributed by atoms with Crippen molar-refractivity contribution in [1.82, 2.24) is 0 Å². The highest BCUT2D eigenvalue weighted by molar-refractivity contribution is 6.50. The van der Waals surface area contributed by atoms with Crippen LogP contribution in [0.25, 0.3) is 4.98 Å². The number of benzene rings is 1. The predicted molar refractivity (Wildman–Crippen MR) is 49.7 cm³/mol. The van der Waals surface area contributed by atoms with Gasteiger partial charge in [-0.15, -0.1) is 0 Å². The zero-order chi connectivity index (χ0) is 13.6. The topological polar surface area (TPSA) is 91.5 Å². The molecule has 0 saturated carbocycles. The summed E-state index contributed by atoms with van der Waals surface area (Å²) in [7, 11) is -6.00. The van der Waals surface area contributed by atoms with Crippen molar-refractivity contribution in [3.63, 3.8) is 0 Å². The summed E-state index contributed by atoms with van der Waals surface area (Å²) < 4.78 is 39.0. The lowest BCUT2D eigenvalue weighted by molar-refractivity contribution is -0.384. The third kappa shape index (κ3) is 6.66. The van der Waals surface area contributed by atoms with Crippen LogP contribution in [-0.4, -0.2) is 17.3 Å². The number of non-ortho nitro benzene ring substituents is 1. The van der Waals surface area contributed by atoms with Gasteiger partial charge >= 0.3 is 12.9 Å². The van der Waals surface area contributed by atoms with Gasteiger partial charge in [-0.2, -0.15) is 0 Å². The highest BCUT2D eigenvalue weighted by Gasteiger charge is 2.20. The van der Waals surface area contributed by atoms with E-state index in [9.17, 15) is 27.4 Å². The minimum Gasteiger partial charge on any atom is -0.501 e. The predicted octanol–water partition coefficient (Wildman–Crippen LogP) is 3.08. The van der Waals surface area contributed by atoms with Crippen LogP contribution in [0.3, 0.4) is 0 Å². The zero-order valence-corrected chi connectivity index (χ0v) is 7.93. The van der Waals surface area contributed by atoms with E-state index in [-0.39, 0.29) is 11.4 Å². The molecular formula is C6H4BF4N3O3. The number of hydrogen-bond acceptors (Lipinski definition) is 4. The molecule has 17 heavy (non-hydrogen) atoms. The molecule has 6 nitrogen and oxygen atoms in total. The Morgan fingerprint density at radius 2 is 1.82 bits per heavy atom. The molecule has 0 aliphatic carbocycles. The van der Waals surface area contributed by atoms with E-state index in [1.54, 1.807) is 0 Å². The third-order valence-electron chi connectivity index (χ3n) is 1.28. The average Bonchev–Trinajstić information content (AvgIpc) is 2.14. The van der Waals surface area contributed by atoms with E-state index in [0.29, 0.717) is 0 Å². The summed E-state index contributed by atoms with van der Waals surface area (Å²) in [4.78, 5) is 12.2. The van der Waals surface area contributed by atoms with Crippen molar-refractivity contribution in [2.24, 2.45) is 0 Å². The normalized spacial score (nSPS) is 9.82. The van der Waals surface area contributed by atoms with Gasteiger partial charge in [-0.05, 0) is 0 Å². The van der Waals surface area contributed by atoms with E-state index >= 15 is 0 Å². The van der Waals surface area contributed by atoms with Crippen LogP contribution in [0.15, 0.2) is 18.2 Å². The fourth-order valence-corrected chi connectivity index (χ4v) is 0.710. The number of phenolic OH excluding ortho intramolecular Hbond substituents is 1. The molecule has 0 saturated heterocycles. The second-order valence-electron chi connectivity index (χ2n) is 2.52. The Kier molecular flexibility index (Phi) is 4.85. The fourth-order valence-electron chi connectivity index (χ4n) is 0.710. The quantitative estimate of drug-likeness (QED) is 0.273. The molecule has 0 bridgehead atoms. The van der Waals surface area contributed by atoms with Gasteiger partial charge in [0.2, 0.25) is 11.1 Å². The molecule has 0 unspecified atom stereocenters. The molecule has 0 radical (unpaired) electrons. The smallest absolute Gasteiger partial charge is 0.501 e. The van der Waals surface area contributed by atoms with Gasteiger partial charge in [0.1, 0.15) is 0 Å². The Balaban J connectivity index is 0.000000437. The number of rotatable bonds is 1. The summed E-state index contributed by atoms with van der Waals surface area (Å²) in [6.07, 6.45) is 0. The van der Waals surface area contributed by atoms with Gasteiger partial charge < -0.3 is 22.4 Å². The fraction of sp³-hybridized carbons (Fsp3) is 0. The number of aromatic hydroxyl groups is 1. The summed E-state index contributed by atoms with van der Waals surface area (Å²) in [6, 6.07) is 3.19. The number of hydrogen-bond donors (Lipinski definition) is 1. The molecule has 1 N–H and O–H groups in total. The third-order valence-corrected chi connectivity index (χ3v) is 1.28. The SMILES string of the molecule is F[B-](F)(F)F.N#[N+]c1ccc([N+](=O)[O-])cc1O. The highest BCUT2D eigenvalue weighted by Crippen LogP contribution is 2.29. The van der Waals surface area contributed by atoms with Crippen LogP contribution in [0, 0.1) is 15.5 Å². The average molecular weight is 253 g/mol.